The van der Waals surface area contributed by atoms with Gasteiger partial charge in [0.2, 0.25) is 0 Å². The van der Waals surface area contributed by atoms with Gasteiger partial charge < -0.3 is 0 Å². The Bertz CT molecular complexity index is 709. The normalized spacial score (nSPS) is 37.0. The van der Waals surface area contributed by atoms with Crippen molar-refractivity contribution in [3.8, 4) is 0 Å². The Kier molecular flexibility index (Phi) is 4.01. The number of hydrogen-bond donors (Lipinski definition) is 1. The lowest BCUT2D eigenvalue weighted by atomic mass is 9.81. The molecule has 0 unspecified atom stereocenters. The highest BCUT2D eigenvalue weighted by Gasteiger charge is 2.66. The van der Waals surface area contributed by atoms with Gasteiger partial charge in [-0.05, 0) is 42.5 Å². The van der Waals surface area contributed by atoms with E-state index in [1.165, 1.54) is 0 Å². The van der Waals surface area contributed by atoms with Crippen molar-refractivity contribution in [2.45, 2.75) is 16.1 Å². The summed E-state index contributed by atoms with van der Waals surface area (Å²) in [5, 5.41) is 1.42. The highest BCUT2D eigenvalue weighted by atomic mass is 79.9. The number of nitrogens with one attached hydrogen (secondary N) is 1. The van der Waals surface area contributed by atoms with Crippen LogP contribution in [0.2, 0.25) is 5.02 Å². The van der Waals surface area contributed by atoms with Gasteiger partial charge in [0.25, 0.3) is 17.7 Å². The van der Waals surface area contributed by atoms with Crippen LogP contribution < -0.4 is 5.43 Å². The van der Waals surface area contributed by atoms with Gasteiger partial charge in [-0.2, -0.15) is 5.01 Å². The Balaban J connectivity index is 1.55. The van der Waals surface area contributed by atoms with Crippen molar-refractivity contribution in [2.75, 3.05) is 0 Å². The lowest BCUT2D eigenvalue weighted by Crippen LogP contribution is -2.47. The number of hydrogen-bond acceptors (Lipinski definition) is 3. The first-order valence-electron chi connectivity index (χ1n) is 7.62. The Hall–Kier alpha value is -0.920. The molecule has 1 saturated heterocycles. The number of rotatable bonds is 2. The Morgan fingerprint density at radius 1 is 1.04 bits per heavy atom. The van der Waals surface area contributed by atoms with E-state index in [0.29, 0.717) is 10.6 Å². The highest BCUT2D eigenvalue weighted by molar-refractivity contribution is 9.12. The number of alkyl halides is 2. The summed E-state index contributed by atoms with van der Waals surface area (Å²) in [5.41, 5.74) is 2.81. The van der Waals surface area contributed by atoms with Gasteiger partial charge in [0.05, 0.1) is 11.8 Å². The van der Waals surface area contributed by atoms with Gasteiger partial charge in [-0.3, -0.25) is 19.8 Å². The molecule has 1 N–H and O–H groups in total. The summed E-state index contributed by atoms with van der Waals surface area (Å²) in [6.45, 7) is 0. The third-order valence-electron chi connectivity index (χ3n) is 5.31. The fraction of sp³-hybridized carbons (Fsp3) is 0.438. The summed E-state index contributed by atoms with van der Waals surface area (Å²) in [6.07, 6.45) is 0.859. The van der Waals surface area contributed by atoms with Crippen molar-refractivity contribution in [1.82, 2.24) is 10.4 Å². The van der Waals surface area contributed by atoms with E-state index in [2.05, 4.69) is 37.3 Å². The standard InChI is InChI=1S/C16H13Br2ClN2O3/c17-12-8-5-9(13(12)18)11-10(8)15(23)21(16(11)24)20-14(22)6-1-3-7(19)4-2-6/h1-4,8-13H,5H2,(H,20,22)/t8-,9-,10-,11+,12-,13-/m1/s1. The van der Waals surface area contributed by atoms with Gasteiger partial charge >= 0.3 is 0 Å². The summed E-state index contributed by atoms with van der Waals surface area (Å²) < 4.78 is 0. The fourth-order valence-electron chi connectivity index (χ4n) is 4.23. The van der Waals surface area contributed by atoms with Crippen molar-refractivity contribution in [3.63, 3.8) is 0 Å². The zero-order valence-electron chi connectivity index (χ0n) is 12.3. The molecule has 4 rings (SSSR count). The number of hydrazine groups is 1. The van der Waals surface area contributed by atoms with Crippen LogP contribution in [0.25, 0.3) is 0 Å². The van der Waals surface area contributed by atoms with E-state index in [0.717, 1.165) is 11.4 Å². The van der Waals surface area contributed by atoms with E-state index >= 15 is 0 Å². The Labute approximate surface area is 160 Å². The predicted molar refractivity (Wildman–Crippen MR) is 94.8 cm³/mol. The van der Waals surface area contributed by atoms with Crippen molar-refractivity contribution in [2.24, 2.45) is 23.7 Å². The van der Waals surface area contributed by atoms with Crippen molar-refractivity contribution in [3.05, 3.63) is 34.9 Å². The maximum Gasteiger partial charge on any atom is 0.270 e. The van der Waals surface area contributed by atoms with Crippen LogP contribution in [0.4, 0.5) is 0 Å². The number of imide groups is 1. The largest absolute Gasteiger partial charge is 0.272 e. The summed E-state index contributed by atoms with van der Waals surface area (Å²) in [7, 11) is 0. The van der Waals surface area contributed by atoms with Crippen LogP contribution in [0, 0.1) is 23.7 Å². The molecular formula is C16H13Br2ClN2O3. The number of benzene rings is 1. The second-order valence-corrected chi connectivity index (χ2v) is 9.01. The number of carbonyl (C=O) groups excluding carboxylic acids is 3. The average Bonchev–Trinajstić information content (AvgIpc) is 3.16. The quantitative estimate of drug-likeness (QED) is 0.527. The van der Waals surface area contributed by atoms with Crippen LogP contribution in [0.3, 0.4) is 0 Å². The van der Waals surface area contributed by atoms with Crippen LogP contribution in [-0.4, -0.2) is 32.4 Å². The van der Waals surface area contributed by atoms with Crippen LogP contribution in [-0.2, 0) is 9.59 Å². The number of nitrogens with zero attached hydrogens (tertiary/aromatic N) is 1. The van der Waals surface area contributed by atoms with Crippen molar-refractivity contribution >= 4 is 61.2 Å². The van der Waals surface area contributed by atoms with Crippen LogP contribution in [0.5, 0.6) is 0 Å². The first-order valence-corrected chi connectivity index (χ1v) is 9.83. The number of carbonyl (C=O) groups is 3. The van der Waals surface area contributed by atoms with Gasteiger partial charge in [0, 0.05) is 20.2 Å². The van der Waals surface area contributed by atoms with Crippen LogP contribution in [0.1, 0.15) is 16.8 Å². The van der Waals surface area contributed by atoms with E-state index in [1.54, 1.807) is 24.3 Å². The van der Waals surface area contributed by atoms with Crippen molar-refractivity contribution in [1.29, 1.82) is 0 Å². The van der Waals surface area contributed by atoms with E-state index in [1.807, 2.05) is 0 Å². The third kappa shape index (κ3) is 2.28. The molecule has 126 valence electrons. The minimum atomic E-state index is -0.494. The smallest absolute Gasteiger partial charge is 0.270 e. The number of amides is 3. The number of fused-ring (bicyclic) bond motifs is 5. The molecule has 3 aliphatic rings. The summed E-state index contributed by atoms with van der Waals surface area (Å²) in [5.74, 6) is -1.53. The topological polar surface area (TPSA) is 66.5 Å². The molecule has 0 radical (unpaired) electrons. The zero-order valence-corrected chi connectivity index (χ0v) is 16.2. The molecule has 6 atom stereocenters. The summed E-state index contributed by atoms with van der Waals surface area (Å²) in [6, 6.07) is 6.28. The van der Waals surface area contributed by atoms with E-state index < -0.39 is 5.91 Å². The van der Waals surface area contributed by atoms with E-state index in [9.17, 15) is 14.4 Å². The molecule has 2 bridgehead atoms. The molecule has 1 aromatic carbocycles. The lowest BCUT2D eigenvalue weighted by molar-refractivity contribution is -0.143. The van der Waals surface area contributed by atoms with Gasteiger partial charge in [-0.25, -0.2) is 0 Å². The SMILES string of the molecule is O=C(NN1C(=O)[C@@H]2[C@H]3C[C@@H]([C@@H](Br)[C@@H]3Br)[C@@H]2C1=O)c1ccc(Cl)cc1. The van der Waals surface area contributed by atoms with Crippen LogP contribution in [0.15, 0.2) is 24.3 Å². The first-order chi connectivity index (χ1) is 11.4. The first kappa shape index (κ1) is 16.5. The maximum atomic E-state index is 12.7. The molecule has 8 heteroatoms. The molecule has 1 aromatic rings. The minimum absolute atomic E-state index is 0.123. The molecule has 0 spiro atoms. The van der Waals surface area contributed by atoms with Crippen LogP contribution >= 0.6 is 43.5 Å². The highest BCUT2D eigenvalue weighted by Crippen LogP contribution is 2.59. The third-order valence-corrected chi connectivity index (χ3v) is 8.77. The van der Waals surface area contributed by atoms with E-state index in [-0.39, 0.29) is 45.1 Å². The molecule has 2 saturated carbocycles. The molecule has 3 amide bonds. The zero-order chi connectivity index (χ0) is 17.2. The molecule has 2 aliphatic carbocycles. The van der Waals surface area contributed by atoms with Gasteiger partial charge in [-0.15, -0.1) is 0 Å². The summed E-state index contributed by atoms with van der Waals surface area (Å²) >= 11 is 13.1. The number of halogens is 3. The van der Waals surface area contributed by atoms with Gasteiger partial charge in [0.1, 0.15) is 0 Å². The molecular weight excluding hydrogens is 463 g/mol. The fourth-order valence-corrected chi connectivity index (χ4v) is 6.23. The average molecular weight is 477 g/mol. The van der Waals surface area contributed by atoms with Gasteiger partial charge in [0.15, 0.2) is 0 Å². The molecule has 1 aliphatic heterocycles. The second-order valence-electron chi connectivity index (χ2n) is 6.46. The maximum absolute atomic E-state index is 12.7. The van der Waals surface area contributed by atoms with E-state index in [4.69, 9.17) is 11.6 Å². The molecule has 5 nitrogen and oxygen atoms in total. The lowest BCUT2D eigenvalue weighted by Gasteiger charge is -2.28. The van der Waals surface area contributed by atoms with Crippen molar-refractivity contribution < 1.29 is 14.4 Å². The molecule has 0 aromatic heterocycles. The molecule has 24 heavy (non-hydrogen) atoms. The minimum Gasteiger partial charge on any atom is -0.272 e. The Morgan fingerprint density at radius 2 is 1.54 bits per heavy atom. The monoisotopic (exact) mass is 474 g/mol. The molecule has 3 fully saturated rings. The predicted octanol–water partition coefficient (Wildman–Crippen LogP) is 2.76. The Morgan fingerprint density at radius 3 is 2.04 bits per heavy atom. The summed E-state index contributed by atoms with van der Waals surface area (Å²) in [4.78, 5) is 38.0. The van der Waals surface area contributed by atoms with Gasteiger partial charge in [-0.1, -0.05) is 43.5 Å². The second kappa shape index (κ2) is 5.81. The molecule has 1 heterocycles.